The summed E-state index contributed by atoms with van der Waals surface area (Å²) in [4.78, 5) is 10.1. The number of nitrogens with one attached hydrogen (secondary N) is 1. The van der Waals surface area contributed by atoms with E-state index in [2.05, 4.69) is 33.8 Å². The standard InChI is InChI=1S/C10H13N3S3/c1-3-11-10-13-7(5-15-10)8-4-12-9(16-8)6-14-2/h4-5H,3,6H2,1-2H3,(H,11,13). The highest BCUT2D eigenvalue weighted by atomic mass is 32.2. The Hall–Kier alpha value is -0.590. The average molecular weight is 271 g/mol. The Balaban J connectivity index is 2.14. The van der Waals surface area contributed by atoms with Gasteiger partial charge in [-0.1, -0.05) is 0 Å². The highest BCUT2D eigenvalue weighted by Gasteiger charge is 2.07. The topological polar surface area (TPSA) is 37.8 Å². The molecule has 86 valence electrons. The van der Waals surface area contributed by atoms with E-state index in [0.29, 0.717) is 0 Å². The number of aromatic nitrogens is 2. The van der Waals surface area contributed by atoms with Crippen molar-refractivity contribution in [3.05, 3.63) is 16.6 Å². The van der Waals surface area contributed by atoms with Gasteiger partial charge in [-0.15, -0.1) is 22.7 Å². The monoisotopic (exact) mass is 271 g/mol. The Kier molecular flexibility index (Phi) is 4.20. The van der Waals surface area contributed by atoms with Crippen molar-refractivity contribution in [2.24, 2.45) is 0 Å². The van der Waals surface area contributed by atoms with Gasteiger partial charge >= 0.3 is 0 Å². The van der Waals surface area contributed by atoms with Crippen molar-refractivity contribution in [3.63, 3.8) is 0 Å². The maximum Gasteiger partial charge on any atom is 0.183 e. The first kappa shape index (κ1) is 11.9. The van der Waals surface area contributed by atoms with Gasteiger partial charge in [0.25, 0.3) is 0 Å². The molecule has 0 aliphatic carbocycles. The summed E-state index contributed by atoms with van der Waals surface area (Å²) >= 11 is 5.16. The van der Waals surface area contributed by atoms with Gasteiger partial charge in [0.15, 0.2) is 5.13 Å². The summed E-state index contributed by atoms with van der Waals surface area (Å²) < 4.78 is 0. The van der Waals surface area contributed by atoms with Crippen LogP contribution in [0.15, 0.2) is 11.6 Å². The SMILES string of the molecule is CCNc1nc(-c2cnc(CSC)s2)cs1. The second kappa shape index (κ2) is 5.65. The summed E-state index contributed by atoms with van der Waals surface area (Å²) in [7, 11) is 0. The third-order valence-corrected chi connectivity index (χ3v) is 4.47. The largest absolute Gasteiger partial charge is 0.362 e. The summed E-state index contributed by atoms with van der Waals surface area (Å²) in [5, 5.41) is 7.45. The van der Waals surface area contributed by atoms with Crippen LogP contribution < -0.4 is 5.32 Å². The minimum atomic E-state index is 0.910. The van der Waals surface area contributed by atoms with Crippen LogP contribution in [0.1, 0.15) is 11.9 Å². The molecule has 0 spiro atoms. The summed E-state index contributed by atoms with van der Waals surface area (Å²) in [5.41, 5.74) is 1.03. The van der Waals surface area contributed by atoms with Crippen molar-refractivity contribution in [1.29, 1.82) is 0 Å². The van der Waals surface area contributed by atoms with Crippen molar-refractivity contribution in [2.75, 3.05) is 18.1 Å². The molecule has 0 fully saturated rings. The van der Waals surface area contributed by atoms with E-state index in [0.717, 1.165) is 28.0 Å². The van der Waals surface area contributed by atoms with E-state index in [1.807, 2.05) is 6.20 Å². The molecule has 2 aromatic rings. The van der Waals surface area contributed by atoms with E-state index in [1.165, 1.54) is 5.01 Å². The van der Waals surface area contributed by atoms with Crippen LogP contribution >= 0.6 is 34.4 Å². The molecule has 1 N–H and O–H groups in total. The number of anilines is 1. The minimum Gasteiger partial charge on any atom is -0.362 e. The number of hydrogen-bond acceptors (Lipinski definition) is 6. The highest BCUT2D eigenvalue weighted by Crippen LogP contribution is 2.30. The van der Waals surface area contributed by atoms with E-state index in [9.17, 15) is 0 Å². The number of hydrogen-bond donors (Lipinski definition) is 1. The second-order valence-corrected chi connectivity index (χ2v) is 5.96. The average Bonchev–Trinajstić information content (AvgIpc) is 2.87. The summed E-state index contributed by atoms with van der Waals surface area (Å²) in [6.07, 6.45) is 4.01. The quantitative estimate of drug-likeness (QED) is 0.902. The van der Waals surface area contributed by atoms with Crippen LogP contribution in [-0.4, -0.2) is 22.8 Å². The van der Waals surface area contributed by atoms with Crippen LogP contribution in [0.2, 0.25) is 0 Å². The minimum absolute atomic E-state index is 0.910. The molecule has 16 heavy (non-hydrogen) atoms. The van der Waals surface area contributed by atoms with Crippen LogP contribution in [0.3, 0.4) is 0 Å². The van der Waals surface area contributed by atoms with Gasteiger partial charge in [-0.2, -0.15) is 11.8 Å². The molecule has 0 bridgehead atoms. The van der Waals surface area contributed by atoms with Crippen molar-refractivity contribution >= 4 is 39.6 Å². The molecule has 0 amide bonds. The molecule has 6 heteroatoms. The zero-order valence-corrected chi connectivity index (χ0v) is 11.6. The zero-order chi connectivity index (χ0) is 11.4. The van der Waals surface area contributed by atoms with Crippen LogP contribution in [0.25, 0.3) is 10.6 Å². The van der Waals surface area contributed by atoms with E-state index in [-0.39, 0.29) is 0 Å². The van der Waals surface area contributed by atoms with E-state index < -0.39 is 0 Å². The number of thioether (sulfide) groups is 1. The van der Waals surface area contributed by atoms with Crippen LogP contribution in [-0.2, 0) is 5.75 Å². The van der Waals surface area contributed by atoms with E-state index >= 15 is 0 Å². The third kappa shape index (κ3) is 2.75. The van der Waals surface area contributed by atoms with Crippen LogP contribution in [0, 0.1) is 0 Å². The van der Waals surface area contributed by atoms with E-state index in [1.54, 1.807) is 34.4 Å². The van der Waals surface area contributed by atoms with Gasteiger partial charge in [-0.25, -0.2) is 9.97 Å². The van der Waals surface area contributed by atoms with Gasteiger partial charge in [-0.05, 0) is 13.2 Å². The van der Waals surface area contributed by atoms with Gasteiger partial charge in [0.1, 0.15) is 5.01 Å². The normalized spacial score (nSPS) is 10.6. The molecule has 2 aromatic heterocycles. The summed E-state index contributed by atoms with van der Waals surface area (Å²) in [5.74, 6) is 0.981. The first-order valence-electron chi connectivity index (χ1n) is 4.97. The van der Waals surface area contributed by atoms with Gasteiger partial charge < -0.3 is 5.32 Å². The predicted molar refractivity (Wildman–Crippen MR) is 74.6 cm³/mol. The Labute approximate surface area is 107 Å². The molecular weight excluding hydrogens is 258 g/mol. The fourth-order valence-corrected chi connectivity index (χ4v) is 3.68. The molecule has 0 aromatic carbocycles. The Morgan fingerprint density at radius 3 is 3.12 bits per heavy atom. The third-order valence-electron chi connectivity index (χ3n) is 1.91. The predicted octanol–water partition coefficient (Wildman–Crippen LogP) is 3.56. The lowest BCUT2D eigenvalue weighted by atomic mass is 10.4. The number of nitrogens with zero attached hydrogens (tertiary/aromatic N) is 2. The lowest BCUT2D eigenvalue weighted by Crippen LogP contribution is -1.94. The van der Waals surface area contributed by atoms with Crippen LogP contribution in [0.4, 0.5) is 5.13 Å². The van der Waals surface area contributed by atoms with Crippen molar-refractivity contribution in [1.82, 2.24) is 9.97 Å². The number of rotatable bonds is 5. The molecule has 3 nitrogen and oxygen atoms in total. The van der Waals surface area contributed by atoms with Crippen molar-refractivity contribution < 1.29 is 0 Å². The zero-order valence-electron chi connectivity index (χ0n) is 9.19. The fraction of sp³-hybridized carbons (Fsp3) is 0.400. The van der Waals surface area contributed by atoms with Gasteiger partial charge in [0.05, 0.1) is 10.6 Å². The number of thiazole rings is 2. The molecule has 0 aliphatic rings. The lowest BCUT2D eigenvalue weighted by molar-refractivity contribution is 1.19. The van der Waals surface area contributed by atoms with E-state index in [4.69, 9.17) is 0 Å². The van der Waals surface area contributed by atoms with Crippen molar-refractivity contribution in [3.8, 4) is 10.6 Å². The van der Waals surface area contributed by atoms with Crippen molar-refractivity contribution in [2.45, 2.75) is 12.7 Å². The first-order valence-corrected chi connectivity index (χ1v) is 8.06. The molecule has 0 radical (unpaired) electrons. The summed E-state index contributed by atoms with van der Waals surface area (Å²) in [6, 6.07) is 0. The molecule has 0 saturated carbocycles. The first-order chi connectivity index (χ1) is 7.83. The molecular formula is C10H13N3S3. The van der Waals surface area contributed by atoms with Gasteiger partial charge in [0.2, 0.25) is 0 Å². The second-order valence-electron chi connectivity index (χ2n) is 3.12. The Bertz CT molecular complexity index is 407. The fourth-order valence-electron chi connectivity index (χ4n) is 1.24. The highest BCUT2D eigenvalue weighted by molar-refractivity contribution is 7.97. The maximum atomic E-state index is 4.51. The maximum absolute atomic E-state index is 4.51. The van der Waals surface area contributed by atoms with Gasteiger partial charge in [-0.3, -0.25) is 0 Å². The molecule has 0 aliphatic heterocycles. The Morgan fingerprint density at radius 1 is 1.50 bits per heavy atom. The smallest absolute Gasteiger partial charge is 0.183 e. The van der Waals surface area contributed by atoms with Gasteiger partial charge in [0, 0.05) is 23.9 Å². The lowest BCUT2D eigenvalue weighted by Gasteiger charge is -1.93. The molecule has 0 saturated heterocycles. The van der Waals surface area contributed by atoms with Crippen LogP contribution in [0.5, 0.6) is 0 Å². The molecule has 2 heterocycles. The Morgan fingerprint density at radius 2 is 2.38 bits per heavy atom. The summed E-state index contributed by atoms with van der Waals surface area (Å²) in [6.45, 7) is 2.98. The molecule has 0 unspecified atom stereocenters. The molecule has 0 atom stereocenters. The molecule has 2 rings (SSSR count).